The number of rotatable bonds is 6. The lowest BCUT2D eigenvalue weighted by atomic mass is 9.77. The van der Waals surface area contributed by atoms with Gasteiger partial charge in [0.05, 0.1) is 0 Å². The second kappa shape index (κ2) is 11.6. The van der Waals surface area contributed by atoms with Crippen LogP contribution in [0.2, 0.25) is 0 Å². The number of anilines is 2. The van der Waals surface area contributed by atoms with Crippen LogP contribution in [-0.2, 0) is 5.41 Å². The normalized spacial score (nSPS) is 18.4. The molecule has 0 radical (unpaired) electrons. The molecule has 2 saturated carbocycles. The van der Waals surface area contributed by atoms with Gasteiger partial charge in [0.2, 0.25) is 0 Å². The molecule has 4 aromatic rings. The predicted octanol–water partition coefficient (Wildman–Crippen LogP) is 12.3. The van der Waals surface area contributed by atoms with Crippen molar-refractivity contribution < 1.29 is 0 Å². The molecule has 0 N–H and O–H groups in total. The maximum atomic E-state index is 2.75. The maximum Gasteiger partial charge on any atom is 0.0455 e. The van der Waals surface area contributed by atoms with Gasteiger partial charge >= 0.3 is 0 Å². The molecule has 0 heterocycles. The highest BCUT2D eigenvalue weighted by molar-refractivity contribution is 5.86. The van der Waals surface area contributed by atoms with Crippen molar-refractivity contribution in [2.24, 2.45) is 0 Å². The van der Waals surface area contributed by atoms with Gasteiger partial charge in [0.25, 0.3) is 0 Å². The summed E-state index contributed by atoms with van der Waals surface area (Å²) in [6.45, 7) is 9.69. The van der Waals surface area contributed by atoms with Crippen LogP contribution in [0.25, 0.3) is 22.3 Å². The van der Waals surface area contributed by atoms with Gasteiger partial charge in [-0.25, -0.2) is 0 Å². The molecule has 222 valence electrons. The fourth-order valence-electron chi connectivity index (χ4n) is 8.71. The third-order valence-electron chi connectivity index (χ3n) is 11.0. The van der Waals surface area contributed by atoms with Gasteiger partial charge in [0.1, 0.15) is 0 Å². The molecule has 0 bridgehead atoms. The molecule has 43 heavy (non-hydrogen) atoms. The van der Waals surface area contributed by atoms with Gasteiger partial charge in [0, 0.05) is 22.8 Å². The van der Waals surface area contributed by atoms with Gasteiger partial charge in [-0.15, -0.1) is 0 Å². The molecule has 7 rings (SSSR count). The van der Waals surface area contributed by atoms with Gasteiger partial charge < -0.3 is 4.90 Å². The lowest BCUT2D eigenvalue weighted by molar-refractivity contribution is 0.441. The van der Waals surface area contributed by atoms with Crippen LogP contribution in [0.15, 0.2) is 84.9 Å². The monoisotopic (exact) mass is 567 g/mol. The molecule has 0 amide bonds. The molecular weight excluding hydrogens is 518 g/mol. The Hall–Kier alpha value is -3.32. The van der Waals surface area contributed by atoms with Gasteiger partial charge in [-0.05, 0) is 114 Å². The highest BCUT2D eigenvalue weighted by Gasteiger charge is 2.38. The third kappa shape index (κ3) is 5.13. The largest absolute Gasteiger partial charge is 0.338 e. The smallest absolute Gasteiger partial charge is 0.0455 e. The van der Waals surface area contributed by atoms with Crippen LogP contribution >= 0.6 is 0 Å². The second-order valence-electron chi connectivity index (χ2n) is 14.4. The molecular formula is C42H49N. The molecule has 1 nitrogen and oxygen atoms in total. The van der Waals surface area contributed by atoms with E-state index >= 15 is 0 Å². The van der Waals surface area contributed by atoms with E-state index in [2.05, 4.69) is 118 Å². The lowest BCUT2D eigenvalue weighted by Crippen LogP contribution is -2.29. The average Bonchev–Trinajstić information content (AvgIpc) is 3.27. The van der Waals surface area contributed by atoms with E-state index in [1.54, 1.807) is 11.1 Å². The first-order valence-electron chi connectivity index (χ1n) is 17.2. The molecule has 4 aromatic carbocycles. The van der Waals surface area contributed by atoms with E-state index in [9.17, 15) is 0 Å². The summed E-state index contributed by atoms with van der Waals surface area (Å²) in [4.78, 5) is 2.75. The molecule has 3 aliphatic rings. The topological polar surface area (TPSA) is 3.24 Å². The summed E-state index contributed by atoms with van der Waals surface area (Å²) in [5.41, 5.74) is 14.6. The first kappa shape index (κ1) is 28.5. The fraction of sp³-hybridized carbons (Fsp3) is 0.429. The van der Waals surface area contributed by atoms with Crippen molar-refractivity contribution in [3.63, 3.8) is 0 Å². The van der Waals surface area contributed by atoms with Crippen LogP contribution in [0.5, 0.6) is 0 Å². The number of hydrogen-bond acceptors (Lipinski definition) is 1. The number of benzene rings is 4. The summed E-state index contributed by atoms with van der Waals surface area (Å²) in [6.07, 6.45) is 13.4. The molecule has 0 aliphatic heterocycles. The summed E-state index contributed by atoms with van der Waals surface area (Å²) in [7, 11) is 0. The second-order valence-corrected chi connectivity index (χ2v) is 14.4. The Morgan fingerprint density at radius 1 is 0.558 bits per heavy atom. The van der Waals surface area contributed by atoms with Gasteiger partial charge in [-0.1, -0.05) is 119 Å². The standard InChI is InChI=1S/C42H49N/c1-29(2)43(40-25-24-33(30-16-8-5-9-17-30)26-35(40)31-18-10-6-11-19-31)41-28-37-34-22-14-15-23-38(34)42(3,4)39(37)27-36(41)32-20-12-7-13-21-32/h5,8-9,14-17,22-29,31-32H,6-7,10-13,18-21H2,1-4H3. The minimum absolute atomic E-state index is 0.0289. The van der Waals surface area contributed by atoms with Crippen molar-refractivity contribution in [3.8, 4) is 22.3 Å². The van der Waals surface area contributed by atoms with E-state index in [1.807, 2.05) is 0 Å². The quantitative estimate of drug-likeness (QED) is 0.224. The number of hydrogen-bond donors (Lipinski definition) is 0. The highest BCUT2D eigenvalue weighted by Crippen LogP contribution is 2.54. The van der Waals surface area contributed by atoms with E-state index in [0.717, 1.165) is 0 Å². The Morgan fingerprint density at radius 3 is 1.81 bits per heavy atom. The van der Waals surface area contributed by atoms with E-state index in [1.165, 1.54) is 109 Å². The molecule has 2 fully saturated rings. The summed E-state index contributed by atoms with van der Waals surface area (Å²) in [5.74, 6) is 1.26. The Labute approximate surface area is 260 Å². The summed E-state index contributed by atoms with van der Waals surface area (Å²) in [5, 5.41) is 0. The zero-order valence-corrected chi connectivity index (χ0v) is 26.8. The Morgan fingerprint density at radius 2 is 1.16 bits per heavy atom. The van der Waals surface area contributed by atoms with Crippen LogP contribution < -0.4 is 4.90 Å². The minimum atomic E-state index is 0.0289. The third-order valence-corrected chi connectivity index (χ3v) is 11.0. The molecule has 0 aromatic heterocycles. The molecule has 0 atom stereocenters. The zero-order chi connectivity index (χ0) is 29.6. The van der Waals surface area contributed by atoms with Gasteiger partial charge in [-0.2, -0.15) is 0 Å². The summed E-state index contributed by atoms with van der Waals surface area (Å²) in [6, 6.07) is 33.2. The van der Waals surface area contributed by atoms with Crippen LogP contribution in [-0.4, -0.2) is 6.04 Å². The SMILES string of the molecule is CC(C)N(c1ccc(-c2ccccc2)cc1C1CCCCC1)c1cc2c(cc1C1CCCCC1)C(C)(C)c1ccccc1-2. The Balaban J connectivity index is 1.44. The summed E-state index contributed by atoms with van der Waals surface area (Å²) < 4.78 is 0. The minimum Gasteiger partial charge on any atom is -0.338 e. The number of nitrogens with zero attached hydrogens (tertiary/aromatic N) is 1. The van der Waals surface area contributed by atoms with Gasteiger partial charge in [0.15, 0.2) is 0 Å². The fourth-order valence-corrected chi connectivity index (χ4v) is 8.71. The average molecular weight is 568 g/mol. The van der Waals surface area contributed by atoms with E-state index in [-0.39, 0.29) is 5.41 Å². The van der Waals surface area contributed by atoms with Crippen molar-refractivity contribution in [1.29, 1.82) is 0 Å². The Bertz CT molecular complexity index is 1580. The lowest BCUT2D eigenvalue weighted by Gasteiger charge is -2.38. The van der Waals surface area contributed by atoms with E-state index in [4.69, 9.17) is 0 Å². The van der Waals surface area contributed by atoms with Crippen LogP contribution in [0.1, 0.15) is 126 Å². The van der Waals surface area contributed by atoms with Crippen molar-refractivity contribution in [2.45, 2.75) is 115 Å². The highest BCUT2D eigenvalue weighted by atomic mass is 15.2. The van der Waals surface area contributed by atoms with Crippen molar-refractivity contribution in [2.75, 3.05) is 4.90 Å². The van der Waals surface area contributed by atoms with Crippen LogP contribution in [0, 0.1) is 0 Å². The van der Waals surface area contributed by atoms with Gasteiger partial charge in [-0.3, -0.25) is 0 Å². The van der Waals surface area contributed by atoms with E-state index in [0.29, 0.717) is 17.9 Å². The van der Waals surface area contributed by atoms with Crippen molar-refractivity contribution >= 4 is 11.4 Å². The maximum absolute atomic E-state index is 2.75. The zero-order valence-electron chi connectivity index (χ0n) is 26.8. The van der Waals surface area contributed by atoms with Crippen LogP contribution in [0.4, 0.5) is 11.4 Å². The molecule has 0 spiro atoms. The van der Waals surface area contributed by atoms with Crippen molar-refractivity contribution in [1.82, 2.24) is 0 Å². The number of fused-ring (bicyclic) bond motifs is 3. The molecule has 0 saturated heterocycles. The molecule has 0 unspecified atom stereocenters. The molecule has 3 aliphatic carbocycles. The summed E-state index contributed by atoms with van der Waals surface area (Å²) >= 11 is 0. The van der Waals surface area contributed by atoms with Crippen LogP contribution in [0.3, 0.4) is 0 Å². The molecule has 1 heteroatoms. The first-order chi connectivity index (χ1) is 20.9. The Kier molecular flexibility index (Phi) is 7.70. The predicted molar refractivity (Wildman–Crippen MR) is 185 cm³/mol. The van der Waals surface area contributed by atoms with Crippen molar-refractivity contribution in [3.05, 3.63) is 107 Å². The van der Waals surface area contributed by atoms with E-state index < -0.39 is 0 Å². The first-order valence-corrected chi connectivity index (χ1v) is 17.2.